The van der Waals surface area contributed by atoms with E-state index in [9.17, 15) is 19.2 Å². The summed E-state index contributed by atoms with van der Waals surface area (Å²) in [6.07, 6.45) is 4.16. The molecule has 9 heteroatoms. The first-order valence-corrected chi connectivity index (χ1v) is 10.2. The number of anilines is 1. The normalized spacial score (nSPS) is 21.1. The van der Waals surface area contributed by atoms with Gasteiger partial charge in [-0.15, -0.1) is 11.8 Å². The van der Waals surface area contributed by atoms with E-state index >= 15 is 0 Å². The van der Waals surface area contributed by atoms with E-state index in [1.165, 1.54) is 17.8 Å². The molecular weight excluding hydrogens is 382 g/mol. The number of imide groups is 1. The molecule has 4 amide bonds. The molecule has 1 aromatic carbocycles. The quantitative estimate of drug-likeness (QED) is 0.663. The van der Waals surface area contributed by atoms with E-state index in [1.54, 1.807) is 12.1 Å². The van der Waals surface area contributed by atoms with Gasteiger partial charge in [0.05, 0.1) is 17.0 Å². The number of nitrogens with one attached hydrogen (secondary N) is 3. The van der Waals surface area contributed by atoms with E-state index in [2.05, 4.69) is 22.9 Å². The number of hydrogen-bond acceptors (Lipinski definition) is 6. The predicted octanol–water partition coefficient (Wildman–Crippen LogP) is 2.29. The van der Waals surface area contributed by atoms with Crippen LogP contribution in [0.25, 0.3) is 0 Å². The Morgan fingerprint density at radius 2 is 2.04 bits per heavy atom. The Hall–Kier alpha value is -2.55. The van der Waals surface area contributed by atoms with Crippen LogP contribution in [-0.2, 0) is 14.3 Å². The lowest BCUT2D eigenvalue weighted by Crippen LogP contribution is -2.48. The Kier molecular flexibility index (Phi) is 6.56. The molecule has 0 bridgehead atoms. The maximum Gasteiger partial charge on any atom is 0.338 e. The fraction of sp³-hybridized carbons (Fsp3) is 0.474. The molecule has 0 radical (unpaired) electrons. The number of carbonyl (C=O) groups excluding carboxylic acids is 4. The molecule has 1 aromatic rings. The van der Waals surface area contributed by atoms with Gasteiger partial charge in [0.15, 0.2) is 6.61 Å². The van der Waals surface area contributed by atoms with Gasteiger partial charge in [-0.1, -0.05) is 19.8 Å². The Morgan fingerprint density at radius 1 is 1.25 bits per heavy atom. The SMILES string of the molecule is C[C@H]1CCCC[C@@H]1NC(=O)NC(=O)COC(=O)c1ccc2c(c1)NC(=O)CS2. The lowest BCUT2D eigenvalue weighted by Gasteiger charge is -2.29. The van der Waals surface area contributed by atoms with Crippen LogP contribution in [0.3, 0.4) is 0 Å². The maximum atomic E-state index is 12.1. The summed E-state index contributed by atoms with van der Waals surface area (Å²) in [5, 5.41) is 7.68. The number of fused-ring (bicyclic) bond motifs is 1. The second-order valence-electron chi connectivity index (χ2n) is 7.01. The average molecular weight is 405 g/mol. The minimum Gasteiger partial charge on any atom is -0.452 e. The molecule has 150 valence electrons. The zero-order valence-electron chi connectivity index (χ0n) is 15.6. The highest BCUT2D eigenvalue weighted by molar-refractivity contribution is 8.00. The summed E-state index contributed by atoms with van der Waals surface area (Å²) >= 11 is 1.38. The van der Waals surface area contributed by atoms with Crippen molar-refractivity contribution in [3.63, 3.8) is 0 Å². The molecule has 1 aliphatic heterocycles. The van der Waals surface area contributed by atoms with Crippen molar-refractivity contribution in [2.75, 3.05) is 17.7 Å². The second kappa shape index (κ2) is 9.09. The van der Waals surface area contributed by atoms with Crippen LogP contribution in [0.15, 0.2) is 23.1 Å². The van der Waals surface area contributed by atoms with Gasteiger partial charge in [-0.05, 0) is 37.0 Å². The minimum absolute atomic E-state index is 0.0488. The third-order valence-electron chi connectivity index (χ3n) is 4.86. The van der Waals surface area contributed by atoms with Crippen molar-refractivity contribution in [1.29, 1.82) is 0 Å². The van der Waals surface area contributed by atoms with Crippen LogP contribution in [0, 0.1) is 5.92 Å². The van der Waals surface area contributed by atoms with Gasteiger partial charge in [-0.3, -0.25) is 14.9 Å². The van der Waals surface area contributed by atoms with Gasteiger partial charge in [0.1, 0.15) is 0 Å². The molecule has 1 heterocycles. The van der Waals surface area contributed by atoms with Crippen molar-refractivity contribution >= 4 is 41.3 Å². The van der Waals surface area contributed by atoms with Gasteiger partial charge in [0, 0.05) is 10.9 Å². The fourth-order valence-electron chi connectivity index (χ4n) is 3.32. The molecule has 0 spiro atoms. The Morgan fingerprint density at radius 3 is 2.82 bits per heavy atom. The molecule has 1 fully saturated rings. The van der Waals surface area contributed by atoms with Crippen molar-refractivity contribution in [2.45, 2.75) is 43.5 Å². The van der Waals surface area contributed by atoms with Crippen molar-refractivity contribution in [2.24, 2.45) is 5.92 Å². The summed E-state index contributed by atoms with van der Waals surface area (Å²) in [4.78, 5) is 48.3. The molecule has 28 heavy (non-hydrogen) atoms. The summed E-state index contributed by atoms with van der Waals surface area (Å²) in [6, 6.07) is 4.27. The smallest absolute Gasteiger partial charge is 0.338 e. The number of thioether (sulfide) groups is 1. The van der Waals surface area contributed by atoms with Crippen molar-refractivity contribution in [1.82, 2.24) is 10.6 Å². The van der Waals surface area contributed by atoms with E-state index in [-0.39, 0.29) is 17.5 Å². The number of urea groups is 1. The molecule has 3 rings (SSSR count). The van der Waals surface area contributed by atoms with Crippen molar-refractivity contribution < 1.29 is 23.9 Å². The number of amides is 4. The number of esters is 1. The van der Waals surface area contributed by atoms with E-state index < -0.39 is 24.5 Å². The molecule has 1 saturated carbocycles. The molecule has 0 aromatic heterocycles. The lowest BCUT2D eigenvalue weighted by molar-refractivity contribution is -0.123. The first-order valence-electron chi connectivity index (χ1n) is 9.26. The first-order chi connectivity index (χ1) is 13.4. The fourth-order valence-corrected chi connectivity index (χ4v) is 4.11. The third kappa shape index (κ3) is 5.25. The van der Waals surface area contributed by atoms with Gasteiger partial charge in [0.2, 0.25) is 5.91 Å². The zero-order valence-corrected chi connectivity index (χ0v) is 16.4. The van der Waals surface area contributed by atoms with Crippen LogP contribution in [0.4, 0.5) is 10.5 Å². The Balaban J connectivity index is 1.46. The van der Waals surface area contributed by atoms with Gasteiger partial charge in [0.25, 0.3) is 5.91 Å². The molecule has 3 N–H and O–H groups in total. The van der Waals surface area contributed by atoms with Gasteiger partial charge in [-0.2, -0.15) is 0 Å². The standard InChI is InChI=1S/C19H23N3O5S/c1-11-4-2-3-5-13(11)21-19(26)22-16(23)9-27-18(25)12-6-7-15-14(8-12)20-17(24)10-28-15/h6-8,11,13H,2-5,9-10H2,1H3,(H,20,24)(H2,21,22,23,26)/t11-,13-/m0/s1. The highest BCUT2D eigenvalue weighted by atomic mass is 32.2. The Labute approximate surface area is 167 Å². The third-order valence-corrected chi connectivity index (χ3v) is 5.94. The zero-order chi connectivity index (χ0) is 20.1. The molecule has 1 aliphatic carbocycles. The number of benzene rings is 1. The molecule has 0 saturated heterocycles. The van der Waals surface area contributed by atoms with E-state index in [0.29, 0.717) is 17.4 Å². The molecule has 2 aliphatic rings. The number of rotatable bonds is 4. The lowest BCUT2D eigenvalue weighted by atomic mass is 9.86. The van der Waals surface area contributed by atoms with Gasteiger partial charge in [-0.25, -0.2) is 9.59 Å². The summed E-state index contributed by atoms with van der Waals surface area (Å²) in [7, 11) is 0. The highest BCUT2D eigenvalue weighted by Gasteiger charge is 2.24. The summed E-state index contributed by atoms with van der Waals surface area (Å²) in [6.45, 7) is 1.51. The van der Waals surface area contributed by atoms with Crippen molar-refractivity contribution in [3.8, 4) is 0 Å². The van der Waals surface area contributed by atoms with E-state index in [1.807, 2.05) is 0 Å². The van der Waals surface area contributed by atoms with Crippen LogP contribution in [-0.4, -0.2) is 42.2 Å². The van der Waals surface area contributed by atoms with Crippen LogP contribution in [0.1, 0.15) is 43.0 Å². The molecule has 8 nitrogen and oxygen atoms in total. The minimum atomic E-state index is -0.705. The first kappa shape index (κ1) is 20.2. The number of hydrogen-bond donors (Lipinski definition) is 3. The summed E-state index contributed by atoms with van der Waals surface area (Å²) in [5.41, 5.74) is 0.760. The van der Waals surface area contributed by atoms with Crippen molar-refractivity contribution in [3.05, 3.63) is 23.8 Å². The van der Waals surface area contributed by atoms with Gasteiger partial charge >= 0.3 is 12.0 Å². The predicted molar refractivity (Wildman–Crippen MR) is 104 cm³/mol. The summed E-state index contributed by atoms with van der Waals surface area (Å²) < 4.78 is 4.97. The van der Waals surface area contributed by atoms with Gasteiger partial charge < -0.3 is 15.4 Å². The Bertz CT molecular complexity index is 798. The topological polar surface area (TPSA) is 114 Å². The van der Waals surface area contributed by atoms with Crippen LogP contribution < -0.4 is 16.0 Å². The molecule has 2 atom stereocenters. The maximum absolute atomic E-state index is 12.1. The van der Waals surface area contributed by atoms with Crippen LogP contribution >= 0.6 is 11.8 Å². The van der Waals surface area contributed by atoms with E-state index in [4.69, 9.17) is 4.74 Å². The number of ether oxygens (including phenoxy) is 1. The average Bonchev–Trinajstić information content (AvgIpc) is 2.67. The monoisotopic (exact) mass is 405 g/mol. The second-order valence-corrected chi connectivity index (χ2v) is 8.03. The summed E-state index contributed by atoms with van der Waals surface area (Å²) in [5.74, 6) is -0.838. The number of carbonyl (C=O) groups is 4. The molecule has 0 unspecified atom stereocenters. The largest absolute Gasteiger partial charge is 0.452 e. The molecular formula is C19H23N3O5S. The van der Waals surface area contributed by atoms with E-state index in [0.717, 1.165) is 30.6 Å². The highest BCUT2D eigenvalue weighted by Crippen LogP contribution is 2.32. The van der Waals surface area contributed by atoms with Crippen LogP contribution in [0.2, 0.25) is 0 Å². The van der Waals surface area contributed by atoms with Crippen LogP contribution in [0.5, 0.6) is 0 Å².